The Morgan fingerprint density at radius 3 is 2.33 bits per heavy atom. The molecule has 0 bridgehead atoms. The smallest absolute Gasteiger partial charge is 0.118 e. The molecule has 0 nitrogen and oxygen atoms in total. The van der Waals surface area contributed by atoms with Gasteiger partial charge in [-0.2, -0.15) is 0 Å². The molecule has 1 aromatic carbocycles. The molecule has 18 heavy (non-hydrogen) atoms. The van der Waals surface area contributed by atoms with Crippen LogP contribution in [-0.4, -0.2) is 0 Å². The maximum Gasteiger partial charge on any atom is 0.600 e. The standard InChI is InChI=1S/C14H16F3S/c1-4-12-7-11-6-5-10(9(2)3)8-13(11)18(12)14(15,16)17/h5-9H,4H2,1-3H3/q+1. The van der Waals surface area contributed by atoms with Crippen molar-refractivity contribution in [2.45, 2.75) is 38.6 Å². The first kappa shape index (κ1) is 13.4. The van der Waals surface area contributed by atoms with E-state index in [1.807, 2.05) is 26.0 Å². The minimum Gasteiger partial charge on any atom is -0.118 e. The second-order valence-corrected chi connectivity index (χ2v) is 6.71. The number of hydrogen-bond acceptors (Lipinski definition) is 0. The van der Waals surface area contributed by atoms with Crippen LogP contribution >= 0.6 is 10.5 Å². The van der Waals surface area contributed by atoms with Gasteiger partial charge in [0.1, 0.15) is 0 Å². The summed E-state index contributed by atoms with van der Waals surface area (Å²) in [6, 6.07) is 7.18. The average molecular weight is 273 g/mol. The molecule has 0 radical (unpaired) electrons. The molecule has 4 heteroatoms. The fourth-order valence-electron chi connectivity index (χ4n) is 2.10. The third-order valence-electron chi connectivity index (χ3n) is 3.08. The molecule has 0 fully saturated rings. The Morgan fingerprint density at radius 1 is 1.17 bits per heavy atom. The van der Waals surface area contributed by atoms with Gasteiger partial charge < -0.3 is 0 Å². The average Bonchev–Trinajstić information content (AvgIpc) is 2.65. The van der Waals surface area contributed by atoms with Crippen molar-refractivity contribution in [3.8, 4) is 0 Å². The summed E-state index contributed by atoms with van der Waals surface area (Å²) in [6.45, 7) is 5.78. The number of halogens is 3. The summed E-state index contributed by atoms with van der Waals surface area (Å²) >= 11 is 0. The van der Waals surface area contributed by atoms with Crippen LogP contribution in [0.1, 0.15) is 37.1 Å². The van der Waals surface area contributed by atoms with Gasteiger partial charge in [-0.1, -0.05) is 26.8 Å². The van der Waals surface area contributed by atoms with Crippen LogP contribution in [0.4, 0.5) is 13.2 Å². The van der Waals surface area contributed by atoms with Gasteiger partial charge in [-0.25, -0.2) is 0 Å². The third kappa shape index (κ3) is 2.26. The summed E-state index contributed by atoms with van der Waals surface area (Å²) in [4.78, 5) is 0.499. The number of hydrogen-bond donors (Lipinski definition) is 0. The molecule has 0 saturated carbocycles. The van der Waals surface area contributed by atoms with Gasteiger partial charge in [0, 0.05) is 23.9 Å². The van der Waals surface area contributed by atoms with E-state index in [1.165, 1.54) is 0 Å². The Labute approximate surface area is 107 Å². The van der Waals surface area contributed by atoms with Crippen LogP contribution in [0.25, 0.3) is 10.1 Å². The Balaban J connectivity index is 2.75. The lowest BCUT2D eigenvalue weighted by Crippen LogP contribution is -1.97. The molecule has 0 spiro atoms. The molecule has 1 heterocycles. The summed E-state index contributed by atoms with van der Waals surface area (Å²) in [5.41, 5.74) is -3.19. The fourth-order valence-corrected chi connectivity index (χ4v) is 4.08. The molecular weight excluding hydrogens is 257 g/mol. The maximum atomic E-state index is 13.2. The SMILES string of the molecule is CCc1cc2ccc(C(C)C)cc2[s+]1C(F)(F)F. The minimum atomic E-state index is -4.16. The Bertz CT molecular complexity index is 564. The van der Waals surface area contributed by atoms with Crippen molar-refractivity contribution in [3.63, 3.8) is 0 Å². The fraction of sp³-hybridized carbons (Fsp3) is 0.429. The molecule has 0 N–H and O–H groups in total. The highest BCUT2D eigenvalue weighted by Crippen LogP contribution is 2.51. The van der Waals surface area contributed by atoms with Gasteiger partial charge in [0.2, 0.25) is 0 Å². The lowest BCUT2D eigenvalue weighted by atomic mass is 10.0. The quantitative estimate of drug-likeness (QED) is 0.611. The predicted octanol–water partition coefficient (Wildman–Crippen LogP) is 5.75. The van der Waals surface area contributed by atoms with Crippen LogP contribution in [0.2, 0.25) is 0 Å². The molecule has 1 atom stereocenters. The topological polar surface area (TPSA) is 0 Å². The van der Waals surface area contributed by atoms with E-state index in [0.717, 1.165) is 10.9 Å². The van der Waals surface area contributed by atoms with E-state index in [0.29, 0.717) is 16.0 Å². The molecular formula is C14H16F3S+. The van der Waals surface area contributed by atoms with Crippen molar-refractivity contribution in [2.24, 2.45) is 0 Å². The molecule has 0 aliphatic rings. The number of benzene rings is 1. The van der Waals surface area contributed by atoms with Gasteiger partial charge in [-0.3, -0.25) is 0 Å². The van der Waals surface area contributed by atoms with Gasteiger partial charge in [-0.05, 0) is 17.5 Å². The molecule has 0 saturated heterocycles. The van der Waals surface area contributed by atoms with Gasteiger partial charge in [-0.15, -0.1) is 13.2 Å². The van der Waals surface area contributed by atoms with E-state index in [1.54, 1.807) is 19.1 Å². The first-order valence-electron chi connectivity index (χ1n) is 6.00. The van der Waals surface area contributed by atoms with E-state index in [9.17, 15) is 13.2 Å². The van der Waals surface area contributed by atoms with Crippen LogP contribution < -0.4 is 0 Å². The Kier molecular flexibility index (Phi) is 3.41. The van der Waals surface area contributed by atoms with Crippen LogP contribution in [0.3, 0.4) is 0 Å². The highest BCUT2D eigenvalue weighted by molar-refractivity contribution is 7.38. The highest BCUT2D eigenvalue weighted by Gasteiger charge is 2.47. The van der Waals surface area contributed by atoms with Crippen LogP contribution in [-0.2, 0) is 11.9 Å². The Hall–Kier alpha value is -1.03. The molecule has 1 unspecified atom stereocenters. The monoisotopic (exact) mass is 273 g/mol. The van der Waals surface area contributed by atoms with Crippen molar-refractivity contribution < 1.29 is 13.2 Å². The van der Waals surface area contributed by atoms with Crippen LogP contribution in [0.5, 0.6) is 0 Å². The van der Waals surface area contributed by atoms with Crippen molar-refractivity contribution in [1.29, 1.82) is 0 Å². The predicted molar refractivity (Wildman–Crippen MR) is 71.2 cm³/mol. The first-order chi connectivity index (χ1) is 8.34. The molecule has 0 aliphatic heterocycles. The minimum absolute atomic E-state index is 0.250. The number of fused-ring (bicyclic) bond motifs is 1. The lowest BCUT2D eigenvalue weighted by Gasteiger charge is -2.04. The van der Waals surface area contributed by atoms with Crippen molar-refractivity contribution in [3.05, 3.63) is 34.7 Å². The second kappa shape index (κ2) is 4.57. The molecule has 1 aromatic heterocycles. The third-order valence-corrected chi connectivity index (χ3v) is 5.27. The normalized spacial score (nSPS) is 13.6. The zero-order chi connectivity index (χ0) is 13.5. The van der Waals surface area contributed by atoms with E-state index in [4.69, 9.17) is 0 Å². The van der Waals surface area contributed by atoms with Gasteiger partial charge in [0.25, 0.3) is 0 Å². The molecule has 0 amide bonds. The lowest BCUT2D eigenvalue weighted by molar-refractivity contribution is -0.0867. The zero-order valence-corrected chi connectivity index (χ0v) is 11.5. The van der Waals surface area contributed by atoms with Gasteiger partial charge in [0.15, 0.2) is 9.58 Å². The molecule has 2 aromatic rings. The number of thiophene rings is 1. The van der Waals surface area contributed by atoms with Gasteiger partial charge >= 0.3 is 5.51 Å². The van der Waals surface area contributed by atoms with E-state index in [-0.39, 0.29) is 5.92 Å². The summed E-state index contributed by atoms with van der Waals surface area (Å²) in [6.07, 6.45) is 0.453. The largest absolute Gasteiger partial charge is 0.600 e. The highest BCUT2D eigenvalue weighted by atomic mass is 32.2. The Morgan fingerprint density at radius 2 is 1.83 bits per heavy atom. The molecule has 98 valence electrons. The number of alkyl halides is 3. The second-order valence-electron chi connectivity index (χ2n) is 4.67. The van der Waals surface area contributed by atoms with Crippen LogP contribution in [0.15, 0.2) is 24.3 Å². The maximum absolute atomic E-state index is 13.2. The van der Waals surface area contributed by atoms with Crippen LogP contribution in [0, 0.1) is 0 Å². The van der Waals surface area contributed by atoms with E-state index >= 15 is 0 Å². The summed E-state index contributed by atoms with van der Waals surface area (Å²) in [5.74, 6) is 0.250. The molecule has 2 rings (SSSR count). The van der Waals surface area contributed by atoms with E-state index in [2.05, 4.69) is 0 Å². The van der Waals surface area contributed by atoms with Gasteiger partial charge in [0.05, 0.1) is 10.5 Å². The molecule has 0 aliphatic carbocycles. The summed E-state index contributed by atoms with van der Waals surface area (Å²) in [7, 11) is -1.72. The van der Waals surface area contributed by atoms with Crippen molar-refractivity contribution in [1.82, 2.24) is 0 Å². The first-order valence-corrected chi connectivity index (χ1v) is 7.22. The zero-order valence-electron chi connectivity index (χ0n) is 10.6. The van der Waals surface area contributed by atoms with Crippen molar-refractivity contribution in [2.75, 3.05) is 0 Å². The van der Waals surface area contributed by atoms with Crippen molar-refractivity contribution >= 4 is 20.6 Å². The summed E-state index contributed by atoms with van der Waals surface area (Å²) < 4.78 is 40.0. The van der Waals surface area contributed by atoms with E-state index < -0.39 is 16.0 Å². The summed E-state index contributed by atoms with van der Waals surface area (Å²) in [5, 5.41) is 0.733. The number of rotatable bonds is 2. The number of aryl methyl sites for hydroxylation is 1.